The Morgan fingerprint density at radius 1 is 1.07 bits per heavy atom. The van der Waals surface area contributed by atoms with Crippen molar-refractivity contribution in [1.29, 1.82) is 0 Å². The minimum absolute atomic E-state index is 0. The lowest BCUT2D eigenvalue weighted by Gasteiger charge is -2.10. The van der Waals surface area contributed by atoms with Gasteiger partial charge in [0.15, 0.2) is 5.96 Å². The second-order valence-electron chi connectivity index (χ2n) is 6.32. The smallest absolute Gasteiger partial charge is 0.337 e. The maximum atomic E-state index is 11.5. The molecule has 3 aromatic rings. The first-order valence-electron chi connectivity index (χ1n) is 9.49. The molecule has 0 aliphatic carbocycles. The van der Waals surface area contributed by atoms with Gasteiger partial charge in [-0.15, -0.1) is 24.0 Å². The lowest BCUT2D eigenvalue weighted by atomic mass is 10.1. The topological polar surface area (TPSA) is 80.5 Å². The van der Waals surface area contributed by atoms with E-state index < -0.39 is 0 Å². The Labute approximate surface area is 193 Å². The van der Waals surface area contributed by atoms with Crippen LogP contribution in [-0.2, 0) is 17.8 Å². The third-order valence-electron chi connectivity index (χ3n) is 4.24. The summed E-state index contributed by atoms with van der Waals surface area (Å²) in [4.78, 5) is 16.1. The largest absolute Gasteiger partial charge is 0.465 e. The summed E-state index contributed by atoms with van der Waals surface area (Å²) in [7, 11) is 1.37. The number of hydrogen-bond acceptors (Lipinski definition) is 4. The molecule has 2 aromatic carbocycles. The van der Waals surface area contributed by atoms with Gasteiger partial charge in [0.2, 0.25) is 0 Å². The maximum absolute atomic E-state index is 11.5. The number of halogens is 1. The molecule has 0 aliphatic rings. The molecule has 0 aliphatic heterocycles. The highest BCUT2D eigenvalue weighted by Gasteiger charge is 2.05. The van der Waals surface area contributed by atoms with Crippen molar-refractivity contribution in [1.82, 2.24) is 20.4 Å². The van der Waals surface area contributed by atoms with Crippen molar-refractivity contribution < 1.29 is 9.53 Å². The average Bonchev–Trinajstić information content (AvgIpc) is 3.25. The van der Waals surface area contributed by atoms with Crippen LogP contribution in [0.3, 0.4) is 0 Å². The van der Waals surface area contributed by atoms with Crippen molar-refractivity contribution in [3.63, 3.8) is 0 Å². The number of nitrogens with one attached hydrogen (secondary N) is 2. The monoisotopic (exact) mass is 519 g/mol. The molecule has 0 spiro atoms. The molecule has 0 atom stereocenters. The van der Waals surface area contributed by atoms with Crippen LogP contribution in [0.2, 0.25) is 0 Å². The molecule has 1 heterocycles. The normalized spacial score (nSPS) is 10.8. The van der Waals surface area contributed by atoms with Crippen LogP contribution < -0.4 is 10.6 Å². The van der Waals surface area contributed by atoms with Crippen molar-refractivity contribution in [2.24, 2.45) is 4.99 Å². The van der Waals surface area contributed by atoms with Gasteiger partial charge in [0.1, 0.15) is 0 Å². The summed E-state index contributed by atoms with van der Waals surface area (Å²) in [6, 6.07) is 19.2. The van der Waals surface area contributed by atoms with Gasteiger partial charge in [-0.05, 0) is 42.8 Å². The molecule has 0 unspecified atom stereocenters. The van der Waals surface area contributed by atoms with Gasteiger partial charge in [-0.3, -0.25) is 0 Å². The number of hydrogen-bond donors (Lipinski definition) is 2. The summed E-state index contributed by atoms with van der Waals surface area (Å²) in [5.41, 5.74) is 3.47. The number of carbonyl (C=O) groups is 1. The summed E-state index contributed by atoms with van der Waals surface area (Å²) < 4.78 is 6.57. The highest BCUT2D eigenvalue weighted by molar-refractivity contribution is 14.0. The number of rotatable bonds is 7. The van der Waals surface area contributed by atoms with Crippen molar-refractivity contribution >= 4 is 35.9 Å². The minimum atomic E-state index is -0.343. The third-order valence-corrected chi connectivity index (χ3v) is 4.24. The first-order chi connectivity index (χ1) is 14.2. The van der Waals surface area contributed by atoms with Gasteiger partial charge >= 0.3 is 5.97 Å². The van der Waals surface area contributed by atoms with E-state index in [9.17, 15) is 4.79 Å². The van der Waals surface area contributed by atoms with E-state index in [0.29, 0.717) is 24.6 Å². The quantitative estimate of drug-likeness (QED) is 0.216. The van der Waals surface area contributed by atoms with Crippen LogP contribution in [0, 0.1) is 0 Å². The number of carbonyl (C=O) groups excluding carboxylic acids is 1. The van der Waals surface area contributed by atoms with E-state index in [2.05, 4.69) is 20.7 Å². The molecular formula is C22H26IN5O2. The standard InChI is InChI=1S/C22H25N5O2.HI/c1-3-23-22(24-15-17-9-11-18(12-10-17)21(28)29-2)25-16-19-13-14-27(26-19)20-7-5-4-6-8-20;/h4-14H,3,15-16H2,1-2H3,(H2,23,24,25);1H. The zero-order chi connectivity index (χ0) is 20.5. The lowest BCUT2D eigenvalue weighted by molar-refractivity contribution is 0.0600. The fraction of sp³-hybridized carbons (Fsp3) is 0.227. The highest BCUT2D eigenvalue weighted by atomic mass is 127. The number of nitrogens with zero attached hydrogens (tertiary/aromatic N) is 3. The van der Waals surface area contributed by atoms with E-state index in [0.717, 1.165) is 23.5 Å². The minimum Gasteiger partial charge on any atom is -0.465 e. The van der Waals surface area contributed by atoms with Crippen molar-refractivity contribution in [3.05, 3.63) is 83.7 Å². The number of esters is 1. The predicted octanol–water partition coefficient (Wildman–Crippen LogP) is 3.53. The fourth-order valence-electron chi connectivity index (χ4n) is 2.73. The Kier molecular flexibility index (Phi) is 9.33. The van der Waals surface area contributed by atoms with E-state index >= 15 is 0 Å². The molecule has 0 saturated carbocycles. The van der Waals surface area contributed by atoms with Crippen LogP contribution in [0.25, 0.3) is 5.69 Å². The van der Waals surface area contributed by atoms with Gasteiger partial charge in [-0.2, -0.15) is 5.10 Å². The number of ether oxygens (including phenoxy) is 1. The van der Waals surface area contributed by atoms with E-state index in [4.69, 9.17) is 4.74 Å². The molecule has 8 heteroatoms. The van der Waals surface area contributed by atoms with Crippen molar-refractivity contribution in [3.8, 4) is 5.69 Å². The number of guanidine groups is 1. The second-order valence-corrected chi connectivity index (χ2v) is 6.32. The van der Waals surface area contributed by atoms with Crippen LogP contribution in [0.15, 0.2) is 71.9 Å². The Hall–Kier alpha value is -2.88. The van der Waals surface area contributed by atoms with Crippen LogP contribution in [0.5, 0.6) is 0 Å². The lowest BCUT2D eigenvalue weighted by Crippen LogP contribution is -2.36. The molecule has 158 valence electrons. The van der Waals surface area contributed by atoms with Gasteiger partial charge in [-0.25, -0.2) is 14.5 Å². The molecule has 7 nitrogen and oxygen atoms in total. The third kappa shape index (κ3) is 6.58. The molecule has 0 radical (unpaired) electrons. The van der Waals surface area contributed by atoms with Gasteiger partial charge in [0.25, 0.3) is 0 Å². The van der Waals surface area contributed by atoms with Crippen LogP contribution in [0.4, 0.5) is 0 Å². The summed E-state index contributed by atoms with van der Waals surface area (Å²) >= 11 is 0. The van der Waals surface area contributed by atoms with Crippen LogP contribution in [-0.4, -0.2) is 35.4 Å². The zero-order valence-corrected chi connectivity index (χ0v) is 19.4. The van der Waals surface area contributed by atoms with Gasteiger partial charge < -0.3 is 15.4 Å². The Morgan fingerprint density at radius 3 is 2.47 bits per heavy atom. The number of para-hydroxylation sites is 1. The van der Waals surface area contributed by atoms with E-state index in [1.165, 1.54) is 7.11 Å². The highest BCUT2D eigenvalue weighted by Crippen LogP contribution is 2.08. The van der Waals surface area contributed by atoms with Gasteiger partial charge in [0, 0.05) is 12.7 Å². The summed E-state index contributed by atoms with van der Waals surface area (Å²) in [5, 5.41) is 11.1. The molecule has 2 N–H and O–H groups in total. The number of methoxy groups -OCH3 is 1. The number of aliphatic imine (C=N–C) groups is 1. The first-order valence-corrected chi connectivity index (χ1v) is 9.49. The molecule has 0 fully saturated rings. The molecule has 0 bridgehead atoms. The number of benzene rings is 2. The van der Waals surface area contributed by atoms with Crippen molar-refractivity contribution in [2.45, 2.75) is 20.0 Å². The summed E-state index contributed by atoms with van der Waals surface area (Å²) in [6.07, 6.45) is 1.94. The van der Waals surface area contributed by atoms with E-state index in [1.54, 1.807) is 12.1 Å². The Morgan fingerprint density at radius 2 is 1.80 bits per heavy atom. The zero-order valence-electron chi connectivity index (χ0n) is 17.0. The second kappa shape index (κ2) is 12.0. The molecule has 3 rings (SSSR count). The van der Waals surface area contributed by atoms with Crippen LogP contribution >= 0.6 is 24.0 Å². The van der Waals surface area contributed by atoms with Gasteiger partial charge in [-0.1, -0.05) is 30.3 Å². The molecule has 1 aromatic heterocycles. The first kappa shape index (κ1) is 23.4. The molecular weight excluding hydrogens is 493 g/mol. The van der Waals surface area contributed by atoms with Gasteiger partial charge in [0.05, 0.1) is 37.1 Å². The molecule has 30 heavy (non-hydrogen) atoms. The van der Waals surface area contributed by atoms with E-state index in [-0.39, 0.29) is 29.9 Å². The summed E-state index contributed by atoms with van der Waals surface area (Å²) in [6.45, 7) is 3.83. The maximum Gasteiger partial charge on any atom is 0.337 e. The Bertz CT molecular complexity index is 955. The predicted molar refractivity (Wildman–Crippen MR) is 128 cm³/mol. The van der Waals surface area contributed by atoms with Crippen LogP contribution in [0.1, 0.15) is 28.5 Å². The SMILES string of the molecule is CCNC(=NCc1ccc(C(=O)OC)cc1)NCc1ccn(-c2ccccc2)n1.I. The number of aromatic nitrogens is 2. The molecule has 0 saturated heterocycles. The van der Waals surface area contributed by atoms with Crippen molar-refractivity contribution in [2.75, 3.05) is 13.7 Å². The fourth-order valence-corrected chi connectivity index (χ4v) is 2.73. The average molecular weight is 519 g/mol. The van der Waals surface area contributed by atoms with E-state index in [1.807, 2.05) is 66.3 Å². The summed E-state index contributed by atoms with van der Waals surface area (Å²) in [5.74, 6) is 0.365. The Balaban J connectivity index is 0.00000320. The molecule has 0 amide bonds.